The van der Waals surface area contributed by atoms with Crippen molar-refractivity contribution in [3.05, 3.63) is 46.9 Å². The van der Waals surface area contributed by atoms with E-state index in [4.69, 9.17) is 4.74 Å². The summed E-state index contributed by atoms with van der Waals surface area (Å²) < 4.78 is 29.2. The summed E-state index contributed by atoms with van der Waals surface area (Å²) in [7, 11) is -4.87. The number of halogens is 1. The van der Waals surface area contributed by atoms with Crippen LogP contribution in [0.3, 0.4) is 0 Å². The Morgan fingerprint density at radius 2 is 1.96 bits per heavy atom. The van der Waals surface area contributed by atoms with Gasteiger partial charge in [-0.1, -0.05) is 11.8 Å². The van der Waals surface area contributed by atoms with Crippen LogP contribution in [0.15, 0.2) is 45.3 Å². The maximum absolute atomic E-state index is 13.5. The third-order valence-electron chi connectivity index (χ3n) is 2.94. The molecule has 0 radical (unpaired) electrons. The van der Waals surface area contributed by atoms with Crippen LogP contribution >= 0.6 is 19.4 Å². The number of aromatic amines is 2. The van der Waals surface area contributed by atoms with E-state index in [0.717, 1.165) is 23.9 Å². The number of aromatic nitrogens is 3. The van der Waals surface area contributed by atoms with E-state index in [2.05, 4.69) is 15.0 Å². The second-order valence-corrected chi connectivity index (χ2v) is 7.25. The molecule has 13 heteroatoms. The number of nitrogens with one attached hydrogen (secondary N) is 2. The van der Waals surface area contributed by atoms with Crippen molar-refractivity contribution in [1.29, 1.82) is 0 Å². The predicted octanol–water partition coefficient (Wildman–Crippen LogP) is -5.20. The van der Waals surface area contributed by atoms with Gasteiger partial charge < -0.3 is 29.1 Å². The van der Waals surface area contributed by atoms with Crippen LogP contribution in [0.2, 0.25) is 0 Å². The summed E-state index contributed by atoms with van der Waals surface area (Å²) in [5.74, 6) is -0.532. The molecule has 3 aromatic rings. The van der Waals surface area contributed by atoms with Gasteiger partial charge in [-0.2, -0.15) is 0 Å². The Labute approximate surface area is 195 Å². The van der Waals surface area contributed by atoms with Gasteiger partial charge in [-0.3, -0.25) is 4.79 Å². The Bertz CT molecular complexity index is 1010. The molecule has 26 heavy (non-hydrogen) atoms. The molecule has 1 aromatic carbocycles. The fourth-order valence-corrected chi connectivity index (χ4v) is 3.25. The van der Waals surface area contributed by atoms with Crippen molar-refractivity contribution in [2.24, 2.45) is 0 Å². The molecule has 2 aromatic heterocycles. The monoisotopic (exact) mass is 415 g/mol. The number of benzene rings is 1. The third-order valence-corrected chi connectivity index (χ3v) is 4.45. The van der Waals surface area contributed by atoms with Crippen molar-refractivity contribution >= 4 is 30.4 Å². The minimum absolute atomic E-state index is 0. The molecule has 0 atom stereocenters. The predicted molar refractivity (Wildman–Crippen MR) is 80.3 cm³/mol. The zero-order valence-electron chi connectivity index (χ0n) is 13.8. The average Bonchev–Trinajstić information content (AvgIpc) is 2.90. The molecule has 3 rings (SSSR count). The normalized spacial score (nSPS) is 10.9. The van der Waals surface area contributed by atoms with E-state index >= 15 is 0 Å². The number of nitrogens with zero attached hydrogens (tertiary/aromatic N) is 1. The Kier molecular flexibility index (Phi) is 9.09. The molecular formula is C13H9FN3Na2O5PS. The van der Waals surface area contributed by atoms with Crippen LogP contribution in [0.5, 0.6) is 5.75 Å². The van der Waals surface area contributed by atoms with Gasteiger partial charge in [-0.15, -0.1) is 0 Å². The van der Waals surface area contributed by atoms with E-state index in [-0.39, 0.29) is 80.8 Å². The molecule has 2 heterocycles. The van der Waals surface area contributed by atoms with E-state index in [1.807, 2.05) is 0 Å². The van der Waals surface area contributed by atoms with Gasteiger partial charge in [0.2, 0.25) is 0 Å². The van der Waals surface area contributed by atoms with Crippen molar-refractivity contribution in [1.82, 2.24) is 15.0 Å². The van der Waals surface area contributed by atoms with Crippen LogP contribution in [0.4, 0.5) is 4.39 Å². The summed E-state index contributed by atoms with van der Waals surface area (Å²) in [6.07, 6.45) is 1.70. The smallest absolute Gasteiger partial charge is 0.808 e. The van der Waals surface area contributed by atoms with Crippen LogP contribution in [0, 0.1) is 5.82 Å². The van der Waals surface area contributed by atoms with Crippen LogP contribution < -0.4 is 79.2 Å². The summed E-state index contributed by atoms with van der Waals surface area (Å²) in [5, 5.41) is 0. The molecule has 0 bridgehead atoms. The van der Waals surface area contributed by atoms with Gasteiger partial charge >= 0.3 is 59.1 Å². The van der Waals surface area contributed by atoms with Crippen LogP contribution in [0.1, 0.15) is 0 Å². The summed E-state index contributed by atoms with van der Waals surface area (Å²) in [5.41, 5.74) is 0.265. The first-order valence-corrected chi connectivity index (χ1v) is 9.04. The first kappa shape index (κ1) is 23.9. The largest absolute Gasteiger partial charge is 1.00 e. The van der Waals surface area contributed by atoms with Crippen molar-refractivity contribution in [3.8, 4) is 5.75 Å². The summed E-state index contributed by atoms with van der Waals surface area (Å²) in [6, 6.07) is 3.44. The molecule has 0 fully saturated rings. The minimum atomic E-state index is -4.87. The maximum atomic E-state index is 13.5. The van der Waals surface area contributed by atoms with Gasteiger partial charge in [0.15, 0.2) is 0 Å². The molecule has 2 N–H and O–H groups in total. The van der Waals surface area contributed by atoms with Gasteiger partial charge in [0, 0.05) is 6.20 Å². The second-order valence-electron chi connectivity index (χ2n) is 4.69. The van der Waals surface area contributed by atoms with Gasteiger partial charge in [-0.25, -0.2) is 9.37 Å². The summed E-state index contributed by atoms with van der Waals surface area (Å²) in [6.45, 7) is 0. The fourth-order valence-electron chi connectivity index (χ4n) is 1.95. The molecule has 0 amide bonds. The fraction of sp³-hybridized carbons (Fsp3) is 0.0769. The topological polar surface area (TPSA) is 134 Å². The Balaban J connectivity index is 0.00000169. The Morgan fingerprint density at radius 1 is 1.23 bits per heavy atom. The van der Waals surface area contributed by atoms with Crippen LogP contribution in [-0.4, -0.2) is 21.3 Å². The first-order chi connectivity index (χ1) is 11.3. The molecule has 0 aliphatic heterocycles. The standard InChI is InChI=1S/C13H11FN3O5PS.2Na/c14-7-1-2-8(22-6-23(19,20)21)9(3-7)24-10-4-15-12-11(10)16-5-17-13(12)18;;/h1-5,15H,6H2,(H,16,17,18)(H2,19,20,21);;/q;2*+1/p-2. The first-order valence-electron chi connectivity index (χ1n) is 6.49. The quantitative estimate of drug-likeness (QED) is 0.314. The third kappa shape index (κ3) is 5.93. The van der Waals surface area contributed by atoms with Gasteiger partial charge in [-0.05, 0) is 25.8 Å². The van der Waals surface area contributed by atoms with E-state index in [9.17, 15) is 23.5 Å². The summed E-state index contributed by atoms with van der Waals surface area (Å²) in [4.78, 5) is 43.1. The average molecular weight is 415 g/mol. The zero-order chi connectivity index (χ0) is 17.3. The van der Waals surface area contributed by atoms with Crippen molar-refractivity contribution in [3.63, 3.8) is 0 Å². The second kappa shape index (κ2) is 9.88. The maximum Gasteiger partial charge on any atom is 1.00 e. The SMILES string of the molecule is O=c1[nH]cnc2c(Sc3cc(F)ccc3OCP(=O)([O-])[O-])c[nH]c12.[Na+].[Na+]. The van der Waals surface area contributed by atoms with Gasteiger partial charge in [0.05, 0.1) is 16.1 Å². The van der Waals surface area contributed by atoms with E-state index < -0.39 is 19.8 Å². The van der Waals surface area contributed by atoms with Gasteiger partial charge in [0.1, 0.15) is 28.9 Å². The molecule has 0 aliphatic carbocycles. The van der Waals surface area contributed by atoms with Crippen LogP contribution in [0.25, 0.3) is 11.0 Å². The Morgan fingerprint density at radius 3 is 2.65 bits per heavy atom. The van der Waals surface area contributed by atoms with Crippen LogP contribution in [-0.2, 0) is 4.57 Å². The number of hydrogen-bond donors (Lipinski definition) is 2. The Hall–Kier alpha value is -0.130. The number of fused-ring (bicyclic) bond motifs is 1. The van der Waals surface area contributed by atoms with E-state index in [1.54, 1.807) is 0 Å². The number of H-pyrrole nitrogens is 2. The number of hydrogen-bond acceptors (Lipinski definition) is 7. The van der Waals surface area contributed by atoms with E-state index in [1.165, 1.54) is 18.6 Å². The number of rotatable bonds is 5. The molecule has 126 valence electrons. The molecule has 8 nitrogen and oxygen atoms in total. The van der Waals surface area contributed by atoms with Crippen molar-refractivity contribution in [2.45, 2.75) is 9.79 Å². The van der Waals surface area contributed by atoms with E-state index in [0.29, 0.717) is 10.4 Å². The molecule has 0 saturated carbocycles. The number of ether oxygens (including phenoxy) is 1. The molecule has 0 spiro atoms. The molecule has 0 aliphatic rings. The zero-order valence-corrected chi connectivity index (χ0v) is 19.5. The van der Waals surface area contributed by atoms with Gasteiger partial charge in [0.25, 0.3) is 5.56 Å². The van der Waals surface area contributed by atoms with Crippen molar-refractivity contribution < 1.29 is 82.6 Å². The molecular weight excluding hydrogens is 406 g/mol. The molecule has 0 saturated heterocycles. The summed E-state index contributed by atoms with van der Waals surface area (Å²) >= 11 is 1.02. The molecule has 0 unspecified atom stereocenters. The minimum Gasteiger partial charge on any atom is -0.808 e. The van der Waals surface area contributed by atoms with Crippen molar-refractivity contribution in [2.75, 3.05) is 6.35 Å².